The van der Waals surface area contributed by atoms with Gasteiger partial charge in [-0.2, -0.15) is 5.10 Å². The van der Waals surface area contributed by atoms with Gasteiger partial charge in [0.15, 0.2) is 5.82 Å². The van der Waals surface area contributed by atoms with Crippen LogP contribution in [0, 0.1) is 0 Å². The molecular formula is C15H13N5O2. The predicted octanol–water partition coefficient (Wildman–Crippen LogP) is 1.83. The second kappa shape index (κ2) is 6.04. The molecule has 7 nitrogen and oxygen atoms in total. The molecule has 0 aromatic carbocycles. The summed E-state index contributed by atoms with van der Waals surface area (Å²) >= 11 is 0. The van der Waals surface area contributed by atoms with Gasteiger partial charge in [0.2, 0.25) is 5.78 Å². The zero-order chi connectivity index (χ0) is 15.4. The Balaban J connectivity index is 1.74. The summed E-state index contributed by atoms with van der Waals surface area (Å²) in [4.78, 5) is 19.5. The highest BCUT2D eigenvalue weighted by Crippen LogP contribution is 2.14. The second-order valence-electron chi connectivity index (χ2n) is 4.66. The fraction of sp³-hybridized carbons (Fsp3) is 0.0667. The number of carbonyl (C=O) groups excluding carboxylic acids is 1. The van der Waals surface area contributed by atoms with Crippen LogP contribution < -0.4 is 0 Å². The van der Waals surface area contributed by atoms with Gasteiger partial charge in [-0.25, -0.2) is 4.98 Å². The molecule has 22 heavy (non-hydrogen) atoms. The first kappa shape index (κ1) is 13.7. The monoisotopic (exact) mass is 295 g/mol. The van der Waals surface area contributed by atoms with Crippen molar-refractivity contribution >= 4 is 11.5 Å². The largest absolute Gasteiger partial charge is 0.507 e. The van der Waals surface area contributed by atoms with Crippen LogP contribution in [0.15, 0.2) is 55.4 Å². The number of H-pyrrole nitrogens is 1. The summed E-state index contributed by atoms with van der Waals surface area (Å²) in [6, 6.07) is 5.58. The summed E-state index contributed by atoms with van der Waals surface area (Å²) < 4.78 is 1.91. The molecule has 3 rings (SSSR count). The van der Waals surface area contributed by atoms with E-state index in [1.165, 1.54) is 6.33 Å². The Kier molecular flexibility index (Phi) is 3.78. The van der Waals surface area contributed by atoms with Crippen LogP contribution in [0.4, 0.5) is 0 Å². The van der Waals surface area contributed by atoms with Gasteiger partial charge in [-0.05, 0) is 23.8 Å². The molecule has 2 N–H and O–H groups in total. The third-order valence-electron chi connectivity index (χ3n) is 3.08. The van der Waals surface area contributed by atoms with Crippen molar-refractivity contribution in [2.45, 2.75) is 6.54 Å². The van der Waals surface area contributed by atoms with Crippen molar-refractivity contribution in [2.24, 2.45) is 0 Å². The maximum atomic E-state index is 11.8. The van der Waals surface area contributed by atoms with E-state index >= 15 is 0 Å². The van der Waals surface area contributed by atoms with E-state index in [9.17, 15) is 9.90 Å². The molecule has 0 radical (unpaired) electrons. The van der Waals surface area contributed by atoms with Crippen molar-refractivity contribution in [3.05, 3.63) is 72.3 Å². The molecule has 0 saturated carbocycles. The van der Waals surface area contributed by atoms with Gasteiger partial charge >= 0.3 is 0 Å². The van der Waals surface area contributed by atoms with Crippen LogP contribution in [0.2, 0.25) is 0 Å². The van der Waals surface area contributed by atoms with Crippen LogP contribution in [-0.2, 0) is 6.54 Å². The average Bonchev–Trinajstić information content (AvgIpc) is 3.19. The first-order valence-corrected chi connectivity index (χ1v) is 6.58. The smallest absolute Gasteiger partial charge is 0.226 e. The molecule has 0 amide bonds. The van der Waals surface area contributed by atoms with Gasteiger partial charge in [0.05, 0.1) is 0 Å². The third kappa shape index (κ3) is 3.09. The molecule has 3 aromatic heterocycles. The van der Waals surface area contributed by atoms with Crippen LogP contribution in [0.3, 0.4) is 0 Å². The van der Waals surface area contributed by atoms with Crippen LogP contribution in [0.25, 0.3) is 5.76 Å². The Labute approximate surface area is 126 Å². The van der Waals surface area contributed by atoms with Crippen molar-refractivity contribution in [2.75, 3.05) is 0 Å². The van der Waals surface area contributed by atoms with Crippen LogP contribution in [0.1, 0.15) is 21.7 Å². The first-order chi connectivity index (χ1) is 10.7. The van der Waals surface area contributed by atoms with E-state index in [1.807, 2.05) is 22.9 Å². The Morgan fingerprint density at radius 2 is 2.14 bits per heavy atom. The van der Waals surface area contributed by atoms with Gasteiger partial charge in [-0.1, -0.05) is 0 Å². The number of ketones is 1. The van der Waals surface area contributed by atoms with Crippen LogP contribution in [-0.4, -0.2) is 35.6 Å². The summed E-state index contributed by atoms with van der Waals surface area (Å²) in [5.74, 6) is -0.463. The maximum Gasteiger partial charge on any atom is 0.226 e. The minimum atomic E-state index is -0.433. The minimum absolute atomic E-state index is 0.0859. The number of hydrogen-bond acceptors (Lipinski definition) is 5. The van der Waals surface area contributed by atoms with E-state index in [0.717, 1.165) is 11.6 Å². The molecule has 0 bridgehead atoms. The molecule has 0 atom stereocenters. The number of hydrogen-bond donors (Lipinski definition) is 2. The van der Waals surface area contributed by atoms with Gasteiger partial charge in [0.1, 0.15) is 12.1 Å². The Bertz CT molecular complexity index is 790. The Hall–Kier alpha value is -3.22. The number of allylic oxidation sites excluding steroid dienone is 1. The highest BCUT2D eigenvalue weighted by atomic mass is 16.3. The molecule has 3 aromatic rings. The molecule has 7 heteroatoms. The fourth-order valence-corrected chi connectivity index (χ4v) is 1.99. The number of aromatic amines is 1. The van der Waals surface area contributed by atoms with E-state index in [2.05, 4.69) is 20.2 Å². The highest BCUT2D eigenvalue weighted by Gasteiger charge is 2.09. The zero-order valence-corrected chi connectivity index (χ0v) is 11.5. The molecule has 110 valence electrons. The van der Waals surface area contributed by atoms with Crippen molar-refractivity contribution in [3.8, 4) is 0 Å². The van der Waals surface area contributed by atoms with Crippen molar-refractivity contribution in [3.63, 3.8) is 0 Å². The Morgan fingerprint density at radius 3 is 2.86 bits per heavy atom. The maximum absolute atomic E-state index is 11.8. The summed E-state index contributed by atoms with van der Waals surface area (Å²) in [6.07, 6.45) is 9.41. The molecule has 3 heterocycles. The molecule has 0 aliphatic rings. The van der Waals surface area contributed by atoms with Gasteiger partial charge in [0, 0.05) is 43.0 Å². The minimum Gasteiger partial charge on any atom is -0.507 e. The third-order valence-corrected chi connectivity index (χ3v) is 3.08. The summed E-state index contributed by atoms with van der Waals surface area (Å²) in [7, 11) is 0. The molecule has 0 aliphatic heterocycles. The topological polar surface area (TPSA) is 96.7 Å². The standard InChI is InChI=1S/C15H13N5O2/c21-13(7-14(22)15-17-10-18-19-15)12-3-6-20(9-12)8-11-1-4-16-5-2-11/h1-7,9-10,21H,8H2,(H,17,18,19). The van der Waals surface area contributed by atoms with E-state index in [1.54, 1.807) is 24.7 Å². The lowest BCUT2D eigenvalue weighted by atomic mass is 10.2. The normalized spacial score (nSPS) is 11.5. The van der Waals surface area contributed by atoms with Crippen LogP contribution >= 0.6 is 0 Å². The number of rotatable bonds is 5. The quantitative estimate of drug-likeness (QED) is 0.425. The average molecular weight is 295 g/mol. The van der Waals surface area contributed by atoms with Gasteiger partial charge in [-0.15, -0.1) is 0 Å². The van der Waals surface area contributed by atoms with Gasteiger partial charge in [-0.3, -0.25) is 14.9 Å². The predicted molar refractivity (Wildman–Crippen MR) is 79.1 cm³/mol. The number of aliphatic hydroxyl groups is 1. The molecule has 0 saturated heterocycles. The number of carbonyl (C=O) groups is 1. The number of aromatic nitrogens is 5. The van der Waals surface area contributed by atoms with Crippen molar-refractivity contribution in [1.29, 1.82) is 0 Å². The molecule has 0 unspecified atom stereocenters. The summed E-state index contributed by atoms with van der Waals surface area (Å²) in [6.45, 7) is 0.659. The van der Waals surface area contributed by atoms with Crippen molar-refractivity contribution < 1.29 is 9.90 Å². The summed E-state index contributed by atoms with van der Waals surface area (Å²) in [5, 5.41) is 16.1. The number of aliphatic hydroxyl groups excluding tert-OH is 1. The lowest BCUT2D eigenvalue weighted by Gasteiger charge is -2.02. The fourth-order valence-electron chi connectivity index (χ4n) is 1.99. The molecule has 0 aliphatic carbocycles. The Morgan fingerprint density at radius 1 is 1.32 bits per heavy atom. The van der Waals surface area contributed by atoms with E-state index in [4.69, 9.17) is 0 Å². The second-order valence-corrected chi connectivity index (χ2v) is 4.66. The number of nitrogens with one attached hydrogen (secondary N) is 1. The van der Waals surface area contributed by atoms with Gasteiger partial charge < -0.3 is 9.67 Å². The van der Waals surface area contributed by atoms with E-state index in [-0.39, 0.29) is 11.6 Å². The molecule has 0 spiro atoms. The zero-order valence-electron chi connectivity index (χ0n) is 11.5. The van der Waals surface area contributed by atoms with Crippen molar-refractivity contribution in [1.82, 2.24) is 24.7 Å². The van der Waals surface area contributed by atoms with Crippen LogP contribution in [0.5, 0.6) is 0 Å². The highest BCUT2D eigenvalue weighted by molar-refractivity contribution is 6.05. The van der Waals surface area contributed by atoms with E-state index < -0.39 is 5.78 Å². The number of nitrogens with zero attached hydrogens (tertiary/aromatic N) is 4. The molecule has 0 fully saturated rings. The molecular weight excluding hydrogens is 282 g/mol. The SMILES string of the molecule is O=C(C=C(O)c1ccn(Cc2ccncc2)c1)c1ncn[nH]1. The lowest BCUT2D eigenvalue weighted by molar-refractivity contribution is 0.103. The summed E-state index contributed by atoms with van der Waals surface area (Å²) in [5.41, 5.74) is 1.65. The first-order valence-electron chi connectivity index (χ1n) is 6.58. The van der Waals surface area contributed by atoms with E-state index in [0.29, 0.717) is 12.1 Å². The van der Waals surface area contributed by atoms with Gasteiger partial charge in [0.25, 0.3) is 0 Å². The lowest BCUT2D eigenvalue weighted by Crippen LogP contribution is -1.99. The number of pyridine rings is 1.